The van der Waals surface area contributed by atoms with Crippen molar-refractivity contribution in [2.24, 2.45) is 0 Å². The summed E-state index contributed by atoms with van der Waals surface area (Å²) >= 11 is 0. The topological polar surface area (TPSA) is 109 Å². The fraction of sp³-hybridized carbons (Fsp3) is 0.200. The molecule has 2 aromatic heterocycles. The second-order valence-electron chi connectivity index (χ2n) is 8.32. The van der Waals surface area contributed by atoms with Gasteiger partial charge in [0.15, 0.2) is 0 Å². The zero-order chi connectivity index (χ0) is 24.5. The van der Waals surface area contributed by atoms with E-state index in [0.29, 0.717) is 58.8 Å². The molecule has 0 spiro atoms. The van der Waals surface area contributed by atoms with E-state index in [9.17, 15) is 18.4 Å². The van der Waals surface area contributed by atoms with Gasteiger partial charge < -0.3 is 20.4 Å². The number of methoxy groups -OCH3 is 1. The molecule has 1 fully saturated rings. The number of carbonyl (C=O) groups is 1. The zero-order valence-electron chi connectivity index (χ0n) is 18.7. The number of hydrogen-bond donors (Lipinski definition) is 3. The molecule has 2 aromatic carbocycles. The van der Waals surface area contributed by atoms with E-state index in [4.69, 9.17) is 4.74 Å². The molecule has 0 radical (unpaired) electrons. The van der Waals surface area contributed by atoms with Crippen LogP contribution in [0.4, 0.5) is 14.5 Å². The van der Waals surface area contributed by atoms with Crippen molar-refractivity contribution < 1.29 is 18.3 Å². The number of aromatic amines is 1. The Morgan fingerprint density at radius 1 is 1.11 bits per heavy atom. The average Bonchev–Trinajstić information content (AvgIpc) is 3.23. The largest absolute Gasteiger partial charge is 0.495 e. The van der Waals surface area contributed by atoms with Crippen molar-refractivity contribution in [3.8, 4) is 17.0 Å². The van der Waals surface area contributed by atoms with E-state index in [1.165, 1.54) is 19.2 Å². The van der Waals surface area contributed by atoms with Crippen LogP contribution in [0, 0.1) is 11.6 Å². The van der Waals surface area contributed by atoms with Crippen molar-refractivity contribution >= 4 is 22.5 Å². The first kappa shape index (κ1) is 22.5. The minimum Gasteiger partial charge on any atom is -0.495 e. The highest BCUT2D eigenvalue weighted by Gasteiger charge is 2.22. The Morgan fingerprint density at radius 2 is 1.91 bits per heavy atom. The van der Waals surface area contributed by atoms with Crippen LogP contribution < -0.4 is 20.9 Å². The Hall–Kier alpha value is -4.34. The van der Waals surface area contributed by atoms with E-state index in [2.05, 4.69) is 25.6 Å². The number of ether oxygens (including phenoxy) is 1. The molecule has 1 atom stereocenters. The van der Waals surface area contributed by atoms with E-state index in [-0.39, 0.29) is 17.5 Å². The number of pyridine rings is 1. The summed E-state index contributed by atoms with van der Waals surface area (Å²) in [7, 11) is 1.51. The summed E-state index contributed by atoms with van der Waals surface area (Å²) < 4.78 is 32.5. The molecular weight excluding hydrogens is 456 g/mol. The number of amides is 1. The molecule has 1 saturated heterocycles. The summed E-state index contributed by atoms with van der Waals surface area (Å²) in [6, 6.07) is 9.91. The quantitative estimate of drug-likeness (QED) is 0.394. The van der Waals surface area contributed by atoms with Crippen LogP contribution in [0.1, 0.15) is 17.8 Å². The molecular formula is C25H21F2N5O3. The molecule has 3 N–H and O–H groups in total. The standard InChI is InChI=1S/C25H21F2N5O3/c1-35-22-9-18-20(10-21(22)30-17-8-24(33)29-12-17)31-23(32-25(18)34)4-13-2-3-19(28-11-13)14-5-15(26)7-16(27)6-14/h2-3,5-7,9-11,17,30H,4,8,12H2,1H3,(H,29,33)(H,31,32,34)/t17-/m0/s1. The van der Waals surface area contributed by atoms with Gasteiger partial charge in [-0.3, -0.25) is 14.6 Å². The van der Waals surface area contributed by atoms with Crippen molar-refractivity contribution in [2.45, 2.75) is 18.9 Å². The first-order valence-electron chi connectivity index (χ1n) is 10.9. The van der Waals surface area contributed by atoms with Crippen LogP contribution >= 0.6 is 0 Å². The maximum atomic E-state index is 13.5. The van der Waals surface area contributed by atoms with Crippen LogP contribution in [0.3, 0.4) is 0 Å². The van der Waals surface area contributed by atoms with Crippen molar-refractivity contribution in [2.75, 3.05) is 19.0 Å². The number of aromatic nitrogens is 3. The van der Waals surface area contributed by atoms with Gasteiger partial charge in [0.2, 0.25) is 5.91 Å². The third-order valence-electron chi connectivity index (χ3n) is 5.77. The molecule has 178 valence electrons. The van der Waals surface area contributed by atoms with Crippen LogP contribution in [-0.4, -0.2) is 40.6 Å². The van der Waals surface area contributed by atoms with Gasteiger partial charge in [-0.1, -0.05) is 6.07 Å². The first-order chi connectivity index (χ1) is 16.9. The highest BCUT2D eigenvalue weighted by molar-refractivity contribution is 5.86. The monoisotopic (exact) mass is 477 g/mol. The van der Waals surface area contributed by atoms with Crippen LogP contribution in [0.25, 0.3) is 22.2 Å². The number of carbonyl (C=O) groups excluding carboxylic acids is 1. The summed E-state index contributed by atoms with van der Waals surface area (Å²) in [5.41, 5.74) is 2.32. The second-order valence-corrected chi connectivity index (χ2v) is 8.32. The molecule has 10 heteroatoms. The lowest BCUT2D eigenvalue weighted by atomic mass is 10.1. The molecule has 4 aromatic rings. The van der Waals surface area contributed by atoms with Gasteiger partial charge in [0.25, 0.3) is 5.56 Å². The lowest BCUT2D eigenvalue weighted by molar-refractivity contribution is -0.119. The third kappa shape index (κ3) is 4.81. The van der Waals surface area contributed by atoms with Gasteiger partial charge >= 0.3 is 0 Å². The number of nitrogens with one attached hydrogen (secondary N) is 3. The van der Waals surface area contributed by atoms with Crippen molar-refractivity contribution in [3.63, 3.8) is 0 Å². The minimum atomic E-state index is -0.676. The van der Waals surface area contributed by atoms with Gasteiger partial charge in [-0.25, -0.2) is 13.8 Å². The Bertz CT molecular complexity index is 1470. The molecule has 35 heavy (non-hydrogen) atoms. The number of nitrogens with zero attached hydrogens (tertiary/aromatic N) is 2. The van der Waals surface area contributed by atoms with Gasteiger partial charge in [-0.15, -0.1) is 0 Å². The summed E-state index contributed by atoms with van der Waals surface area (Å²) in [5.74, 6) is -0.468. The Morgan fingerprint density at radius 3 is 2.57 bits per heavy atom. The lowest BCUT2D eigenvalue weighted by Crippen LogP contribution is -2.22. The SMILES string of the molecule is COc1cc2c(=O)[nH]c(Cc3ccc(-c4cc(F)cc(F)c4)nc3)nc2cc1N[C@@H]1CNC(=O)C1. The molecule has 1 aliphatic heterocycles. The van der Waals surface area contributed by atoms with Crippen molar-refractivity contribution in [3.05, 3.63) is 82.0 Å². The number of halogens is 2. The van der Waals surface area contributed by atoms with Gasteiger partial charge in [-0.05, 0) is 35.9 Å². The number of hydrogen-bond acceptors (Lipinski definition) is 6. The Balaban J connectivity index is 1.42. The fourth-order valence-electron chi connectivity index (χ4n) is 4.10. The highest BCUT2D eigenvalue weighted by Crippen LogP contribution is 2.29. The number of rotatable bonds is 6. The molecule has 5 rings (SSSR count). The normalized spacial score (nSPS) is 15.3. The summed E-state index contributed by atoms with van der Waals surface area (Å²) in [5, 5.41) is 6.42. The summed E-state index contributed by atoms with van der Waals surface area (Å²) in [6.07, 6.45) is 2.22. The predicted octanol–water partition coefficient (Wildman–Crippen LogP) is 3.16. The number of fused-ring (bicyclic) bond motifs is 1. The molecule has 3 heterocycles. The average molecular weight is 477 g/mol. The van der Waals surface area contributed by atoms with Crippen molar-refractivity contribution in [1.29, 1.82) is 0 Å². The maximum Gasteiger partial charge on any atom is 0.258 e. The second kappa shape index (κ2) is 9.13. The number of anilines is 1. The molecule has 0 unspecified atom stereocenters. The minimum absolute atomic E-state index is 0.0266. The smallest absolute Gasteiger partial charge is 0.258 e. The van der Waals surface area contributed by atoms with Gasteiger partial charge in [0.1, 0.15) is 23.2 Å². The van der Waals surface area contributed by atoms with E-state index in [0.717, 1.165) is 11.6 Å². The van der Waals surface area contributed by atoms with Crippen LogP contribution in [-0.2, 0) is 11.2 Å². The summed E-state index contributed by atoms with van der Waals surface area (Å²) in [6.45, 7) is 0.499. The number of H-pyrrole nitrogens is 1. The molecule has 1 amide bonds. The van der Waals surface area contributed by atoms with E-state index in [1.807, 2.05) is 0 Å². The maximum absolute atomic E-state index is 13.5. The molecule has 1 aliphatic rings. The molecule has 0 aliphatic carbocycles. The molecule has 0 saturated carbocycles. The Labute approximate surface area is 198 Å². The number of benzene rings is 2. The third-order valence-corrected chi connectivity index (χ3v) is 5.77. The first-order valence-corrected chi connectivity index (χ1v) is 10.9. The van der Waals surface area contributed by atoms with Crippen molar-refractivity contribution in [1.82, 2.24) is 20.3 Å². The zero-order valence-corrected chi connectivity index (χ0v) is 18.7. The lowest BCUT2D eigenvalue weighted by Gasteiger charge is -2.16. The Kier molecular flexibility index (Phi) is 5.86. The van der Waals surface area contributed by atoms with E-state index >= 15 is 0 Å². The molecule has 0 bridgehead atoms. The van der Waals surface area contributed by atoms with Gasteiger partial charge in [-0.2, -0.15) is 0 Å². The van der Waals surface area contributed by atoms with E-state index < -0.39 is 11.6 Å². The summed E-state index contributed by atoms with van der Waals surface area (Å²) in [4.78, 5) is 36.0. The van der Waals surface area contributed by atoms with Crippen LogP contribution in [0.2, 0.25) is 0 Å². The predicted molar refractivity (Wildman–Crippen MR) is 126 cm³/mol. The molecule has 8 nitrogen and oxygen atoms in total. The van der Waals surface area contributed by atoms with E-state index in [1.54, 1.807) is 30.5 Å². The highest BCUT2D eigenvalue weighted by atomic mass is 19.1. The van der Waals surface area contributed by atoms with Crippen LogP contribution in [0.15, 0.2) is 53.5 Å². The van der Waals surface area contributed by atoms with Gasteiger partial charge in [0, 0.05) is 37.2 Å². The fourth-order valence-corrected chi connectivity index (χ4v) is 4.10. The van der Waals surface area contributed by atoms with Gasteiger partial charge in [0.05, 0.1) is 35.4 Å². The van der Waals surface area contributed by atoms with Crippen LogP contribution in [0.5, 0.6) is 5.75 Å².